The molecule has 3 heterocycles. The van der Waals surface area contributed by atoms with E-state index in [2.05, 4.69) is 5.32 Å². The van der Waals surface area contributed by atoms with Crippen LogP contribution in [0.4, 0.5) is 10.5 Å². The summed E-state index contributed by atoms with van der Waals surface area (Å²) in [6.45, 7) is 3.25. The first-order valence-corrected chi connectivity index (χ1v) is 13.9. The number of nitrogens with one attached hydrogen (secondary N) is 1. The second kappa shape index (κ2) is 12.0. The van der Waals surface area contributed by atoms with E-state index in [1.807, 2.05) is 6.92 Å². The van der Waals surface area contributed by atoms with Gasteiger partial charge < -0.3 is 34.8 Å². The lowest BCUT2D eigenvalue weighted by Crippen LogP contribution is -2.63. The minimum absolute atomic E-state index is 0.101. The van der Waals surface area contributed by atoms with Crippen molar-refractivity contribution >= 4 is 41.3 Å². The molecule has 0 aliphatic carbocycles. The van der Waals surface area contributed by atoms with Gasteiger partial charge in [0.15, 0.2) is 6.10 Å². The van der Waals surface area contributed by atoms with Gasteiger partial charge in [0, 0.05) is 48.9 Å². The fourth-order valence-electron chi connectivity index (χ4n) is 5.79. The highest BCUT2D eigenvalue weighted by molar-refractivity contribution is 8.03. The van der Waals surface area contributed by atoms with Gasteiger partial charge in [0.25, 0.3) is 11.6 Å². The molecule has 41 heavy (non-hydrogen) atoms. The first kappa shape index (κ1) is 30.3. The van der Waals surface area contributed by atoms with E-state index < -0.39 is 59.0 Å². The molecule has 4 rings (SSSR count). The van der Waals surface area contributed by atoms with E-state index in [9.17, 15) is 39.5 Å². The number of likely N-dealkylation sites (N-methyl/N-ethyl adjacent to an activating group) is 1. The highest BCUT2D eigenvalue weighted by Gasteiger charge is 2.60. The SMILES string of the molecule is CNC(=O)C(OC)[C@@H]1C[C@H](SC2=C(C(=O)O)N3C(=O)[C@H]([C@@H](C)O)[C@H]3[C@H]2C)CN1C(=O)OCc1ccc([N+](=O)[O-])cc1. The summed E-state index contributed by atoms with van der Waals surface area (Å²) >= 11 is 1.24. The molecule has 0 saturated carbocycles. The summed E-state index contributed by atoms with van der Waals surface area (Å²) in [5, 5.41) is 33.1. The van der Waals surface area contributed by atoms with Gasteiger partial charge in [-0.1, -0.05) is 6.92 Å². The minimum atomic E-state index is -1.26. The van der Waals surface area contributed by atoms with E-state index in [1.54, 1.807) is 0 Å². The van der Waals surface area contributed by atoms with Crippen LogP contribution in [0, 0.1) is 22.0 Å². The monoisotopic (exact) mass is 592 g/mol. The van der Waals surface area contributed by atoms with Crippen LogP contribution in [0.15, 0.2) is 34.9 Å². The maximum Gasteiger partial charge on any atom is 0.410 e. The summed E-state index contributed by atoms with van der Waals surface area (Å²) < 4.78 is 10.9. The number of fused-ring (bicyclic) bond motifs is 1. The molecule has 7 atom stereocenters. The molecule has 2 saturated heterocycles. The Hall–Kier alpha value is -3.69. The van der Waals surface area contributed by atoms with Crippen LogP contribution in [0.25, 0.3) is 0 Å². The van der Waals surface area contributed by atoms with Crippen molar-refractivity contribution < 1.29 is 43.8 Å². The summed E-state index contributed by atoms with van der Waals surface area (Å²) in [6, 6.07) is 4.33. The van der Waals surface area contributed by atoms with Crippen LogP contribution in [-0.4, -0.2) is 99.1 Å². The summed E-state index contributed by atoms with van der Waals surface area (Å²) in [5.41, 5.74) is 0.299. The van der Waals surface area contributed by atoms with Crippen molar-refractivity contribution in [3.8, 4) is 0 Å². The standard InChI is InChI=1S/C26H32N4O10S/c1-12-19-18(13(2)31)24(33)29(19)20(25(34)35)22(12)41-16-9-17(21(39-4)23(32)27-3)28(10-16)26(36)40-11-14-5-7-15(8-6-14)30(37)38/h5-8,12-13,16-19,21,31H,9-11H2,1-4H3,(H,27,32)(H,34,35)/t12-,13-,16+,17+,18-,19-,21?/m1/s1. The predicted molar refractivity (Wildman–Crippen MR) is 144 cm³/mol. The number of hydrogen-bond donors (Lipinski definition) is 3. The number of aliphatic hydroxyl groups is 1. The Bertz CT molecular complexity index is 1270. The van der Waals surface area contributed by atoms with Crippen molar-refractivity contribution in [3.05, 3.63) is 50.5 Å². The van der Waals surface area contributed by atoms with Crippen molar-refractivity contribution in [1.82, 2.24) is 15.1 Å². The third-order valence-corrected chi connectivity index (χ3v) is 9.26. The molecule has 15 heteroatoms. The van der Waals surface area contributed by atoms with E-state index >= 15 is 0 Å². The van der Waals surface area contributed by atoms with Gasteiger partial charge in [-0.15, -0.1) is 11.8 Å². The summed E-state index contributed by atoms with van der Waals surface area (Å²) in [5.74, 6) is -3.21. The number of carbonyl (C=O) groups is 4. The van der Waals surface area contributed by atoms with Gasteiger partial charge in [0.05, 0.1) is 29.0 Å². The molecular weight excluding hydrogens is 560 g/mol. The minimum Gasteiger partial charge on any atom is -0.477 e. The van der Waals surface area contributed by atoms with Crippen molar-refractivity contribution in [2.24, 2.45) is 11.8 Å². The number of nitro groups is 1. The highest BCUT2D eigenvalue weighted by Crippen LogP contribution is 2.52. The Morgan fingerprint density at radius 3 is 2.46 bits per heavy atom. The van der Waals surface area contributed by atoms with Crippen LogP contribution in [0.3, 0.4) is 0 Å². The number of thioether (sulfide) groups is 1. The summed E-state index contributed by atoms with van der Waals surface area (Å²) in [6.07, 6.45) is -2.43. The number of carbonyl (C=O) groups excluding carboxylic acids is 3. The number of hydrogen-bond acceptors (Lipinski definition) is 10. The highest BCUT2D eigenvalue weighted by atomic mass is 32.2. The zero-order chi connectivity index (χ0) is 30.2. The number of rotatable bonds is 10. The molecular formula is C26H32N4O10S. The summed E-state index contributed by atoms with van der Waals surface area (Å²) in [7, 11) is 2.79. The first-order chi connectivity index (χ1) is 19.4. The van der Waals surface area contributed by atoms with Crippen LogP contribution in [0.5, 0.6) is 0 Å². The lowest BCUT2D eigenvalue weighted by Gasteiger charge is -2.46. The Balaban J connectivity index is 1.54. The number of amides is 3. The number of nitro benzene ring substituents is 1. The number of carboxylic acid groups (broad SMARTS) is 1. The number of likely N-dealkylation sites (tertiary alicyclic amines) is 1. The maximum absolute atomic E-state index is 13.2. The van der Waals surface area contributed by atoms with Crippen molar-refractivity contribution in [1.29, 1.82) is 0 Å². The molecule has 3 aliphatic heterocycles. The number of ether oxygens (including phenoxy) is 2. The van der Waals surface area contributed by atoms with Gasteiger partial charge in [-0.25, -0.2) is 9.59 Å². The number of methoxy groups -OCH3 is 1. The van der Waals surface area contributed by atoms with E-state index in [0.717, 1.165) is 0 Å². The average molecular weight is 593 g/mol. The Kier molecular flexibility index (Phi) is 8.89. The first-order valence-electron chi connectivity index (χ1n) is 13.0. The number of aliphatic hydroxyl groups excluding tert-OH is 1. The molecule has 14 nitrogen and oxygen atoms in total. The smallest absolute Gasteiger partial charge is 0.410 e. The molecule has 3 N–H and O–H groups in total. The van der Waals surface area contributed by atoms with Crippen LogP contribution in [0.1, 0.15) is 25.8 Å². The van der Waals surface area contributed by atoms with Gasteiger partial charge in [0.2, 0.25) is 5.91 Å². The molecule has 1 unspecified atom stereocenters. The van der Waals surface area contributed by atoms with Crippen LogP contribution in [0.2, 0.25) is 0 Å². The van der Waals surface area contributed by atoms with E-state index in [4.69, 9.17) is 9.47 Å². The number of β-lactam (4-membered cyclic amide) rings is 1. The van der Waals surface area contributed by atoms with Crippen molar-refractivity contribution in [2.75, 3.05) is 20.7 Å². The van der Waals surface area contributed by atoms with Gasteiger partial charge >= 0.3 is 12.1 Å². The topological polar surface area (TPSA) is 189 Å². The van der Waals surface area contributed by atoms with Crippen LogP contribution < -0.4 is 5.32 Å². The lowest BCUT2D eigenvalue weighted by atomic mass is 9.79. The maximum atomic E-state index is 13.2. The molecule has 0 aromatic heterocycles. The Morgan fingerprint density at radius 2 is 1.93 bits per heavy atom. The quantitative estimate of drug-likeness (QED) is 0.202. The second-order valence-electron chi connectivity index (χ2n) is 10.2. The van der Waals surface area contributed by atoms with E-state index in [-0.39, 0.29) is 42.1 Å². The third-order valence-electron chi connectivity index (χ3n) is 7.76. The molecule has 0 radical (unpaired) electrons. The molecule has 222 valence electrons. The molecule has 2 fully saturated rings. The number of carboxylic acids is 1. The largest absolute Gasteiger partial charge is 0.477 e. The molecule has 1 aromatic rings. The third kappa shape index (κ3) is 5.61. The molecule has 0 bridgehead atoms. The van der Waals surface area contributed by atoms with E-state index in [0.29, 0.717) is 10.5 Å². The van der Waals surface area contributed by atoms with Gasteiger partial charge in [0.1, 0.15) is 12.3 Å². The normalized spacial score (nSPS) is 26.8. The van der Waals surface area contributed by atoms with Gasteiger partial charge in [-0.3, -0.25) is 19.7 Å². The zero-order valence-corrected chi connectivity index (χ0v) is 23.7. The Labute approximate surface area is 239 Å². The molecule has 3 aliphatic rings. The number of aliphatic carboxylic acids is 1. The molecule has 0 spiro atoms. The fraction of sp³-hybridized carbons (Fsp3) is 0.538. The van der Waals surface area contributed by atoms with Crippen LogP contribution >= 0.6 is 11.8 Å². The van der Waals surface area contributed by atoms with E-state index in [1.165, 1.54) is 66.9 Å². The molecule has 3 amide bonds. The number of benzene rings is 1. The second-order valence-corrected chi connectivity index (χ2v) is 11.6. The lowest BCUT2D eigenvalue weighted by molar-refractivity contribution is -0.384. The van der Waals surface area contributed by atoms with Gasteiger partial charge in [-0.2, -0.15) is 0 Å². The van der Waals surface area contributed by atoms with Crippen molar-refractivity contribution in [3.63, 3.8) is 0 Å². The fourth-order valence-corrected chi connectivity index (χ4v) is 7.33. The Morgan fingerprint density at radius 1 is 1.27 bits per heavy atom. The number of nitrogens with zero attached hydrogens (tertiary/aromatic N) is 3. The summed E-state index contributed by atoms with van der Waals surface area (Å²) in [4.78, 5) is 64.2. The zero-order valence-electron chi connectivity index (χ0n) is 22.9. The van der Waals surface area contributed by atoms with Gasteiger partial charge in [-0.05, 0) is 31.0 Å². The van der Waals surface area contributed by atoms with Crippen LogP contribution in [-0.2, 0) is 30.5 Å². The number of non-ortho nitro benzene ring substituents is 1. The predicted octanol–water partition coefficient (Wildman–Crippen LogP) is 1.32. The molecule has 1 aromatic carbocycles. The van der Waals surface area contributed by atoms with Crippen molar-refractivity contribution in [2.45, 2.75) is 56.4 Å². The average Bonchev–Trinajstić information content (AvgIpc) is 3.45.